The maximum atomic E-state index is 9.95. The lowest BCUT2D eigenvalue weighted by Crippen LogP contribution is -1.88. The van der Waals surface area contributed by atoms with Gasteiger partial charge in [0, 0.05) is 16.8 Å². The first kappa shape index (κ1) is 12.5. The van der Waals surface area contributed by atoms with Crippen LogP contribution in [0.15, 0.2) is 24.4 Å². The summed E-state index contributed by atoms with van der Waals surface area (Å²) < 4.78 is 0. The molecule has 17 heavy (non-hydrogen) atoms. The fourth-order valence-electron chi connectivity index (χ4n) is 1.48. The van der Waals surface area contributed by atoms with Gasteiger partial charge in [-0.15, -0.1) is 0 Å². The minimum Gasteiger partial charge on any atom is -0.505 e. The second kappa shape index (κ2) is 4.73. The summed E-state index contributed by atoms with van der Waals surface area (Å²) in [6.07, 6.45) is 1.59. The van der Waals surface area contributed by atoms with Crippen LogP contribution in [-0.2, 0) is 0 Å². The maximum absolute atomic E-state index is 9.95. The van der Waals surface area contributed by atoms with E-state index in [0.29, 0.717) is 31.9 Å². The Morgan fingerprint density at radius 3 is 2.59 bits per heavy atom. The zero-order chi connectivity index (χ0) is 12.6. The molecule has 1 heterocycles. The molecule has 0 fully saturated rings. The first-order valence-electron chi connectivity index (χ1n) is 4.80. The Balaban J connectivity index is 2.73. The highest BCUT2D eigenvalue weighted by atomic mass is 35.5. The van der Waals surface area contributed by atoms with E-state index in [2.05, 4.69) is 4.98 Å². The van der Waals surface area contributed by atoms with Crippen molar-refractivity contribution in [2.75, 3.05) is 0 Å². The third-order valence-corrected chi connectivity index (χ3v) is 3.39. The summed E-state index contributed by atoms with van der Waals surface area (Å²) in [7, 11) is 0. The summed E-state index contributed by atoms with van der Waals surface area (Å²) >= 11 is 17.9. The number of pyridine rings is 1. The van der Waals surface area contributed by atoms with Crippen LogP contribution in [-0.4, -0.2) is 10.1 Å². The van der Waals surface area contributed by atoms with Crippen molar-refractivity contribution >= 4 is 34.8 Å². The average Bonchev–Trinajstić information content (AvgIpc) is 2.27. The minimum absolute atomic E-state index is 0.0766. The quantitative estimate of drug-likeness (QED) is 0.770. The molecule has 0 spiro atoms. The standard InChI is InChI=1S/C12H8Cl3NO/c1-6-2-3-16-11(12(6)17)8-4-7(13)5-9(14)10(8)15/h2-5,17H,1H3. The van der Waals surface area contributed by atoms with Crippen molar-refractivity contribution in [2.45, 2.75) is 6.92 Å². The summed E-state index contributed by atoms with van der Waals surface area (Å²) in [6, 6.07) is 4.87. The molecule has 2 rings (SSSR count). The Hall–Kier alpha value is -0.960. The molecule has 1 aromatic heterocycles. The summed E-state index contributed by atoms with van der Waals surface area (Å²) in [5.41, 5.74) is 1.60. The summed E-state index contributed by atoms with van der Waals surface area (Å²) in [5, 5.41) is 11.0. The van der Waals surface area contributed by atoms with Crippen LogP contribution in [0.1, 0.15) is 5.56 Å². The third-order valence-electron chi connectivity index (χ3n) is 2.37. The number of aromatic hydroxyl groups is 1. The zero-order valence-electron chi connectivity index (χ0n) is 8.84. The van der Waals surface area contributed by atoms with E-state index < -0.39 is 0 Å². The highest BCUT2D eigenvalue weighted by molar-refractivity contribution is 6.45. The van der Waals surface area contributed by atoms with Gasteiger partial charge in [-0.2, -0.15) is 0 Å². The van der Waals surface area contributed by atoms with Gasteiger partial charge in [-0.25, -0.2) is 0 Å². The minimum atomic E-state index is 0.0766. The predicted molar refractivity (Wildman–Crippen MR) is 71.1 cm³/mol. The molecule has 0 aliphatic heterocycles. The number of hydrogen-bond acceptors (Lipinski definition) is 2. The molecule has 0 atom stereocenters. The molecule has 2 nitrogen and oxygen atoms in total. The van der Waals surface area contributed by atoms with Crippen molar-refractivity contribution in [3.8, 4) is 17.0 Å². The van der Waals surface area contributed by atoms with Gasteiger partial charge in [0.15, 0.2) is 0 Å². The van der Waals surface area contributed by atoms with Crippen LogP contribution >= 0.6 is 34.8 Å². The van der Waals surface area contributed by atoms with Crippen LogP contribution in [0.25, 0.3) is 11.3 Å². The number of rotatable bonds is 1. The number of nitrogens with zero attached hydrogens (tertiary/aromatic N) is 1. The number of aryl methyl sites for hydroxylation is 1. The molecule has 5 heteroatoms. The maximum Gasteiger partial charge on any atom is 0.144 e. The SMILES string of the molecule is Cc1ccnc(-c2cc(Cl)cc(Cl)c2Cl)c1O. The Labute approximate surface area is 114 Å². The average molecular weight is 289 g/mol. The van der Waals surface area contributed by atoms with Crippen LogP contribution in [0.2, 0.25) is 15.1 Å². The van der Waals surface area contributed by atoms with Crippen molar-refractivity contribution in [1.29, 1.82) is 0 Å². The second-order valence-corrected chi connectivity index (χ2v) is 4.80. The largest absolute Gasteiger partial charge is 0.505 e. The molecule has 88 valence electrons. The molecule has 0 radical (unpaired) electrons. The van der Waals surface area contributed by atoms with Gasteiger partial charge < -0.3 is 5.11 Å². The van der Waals surface area contributed by atoms with E-state index in [-0.39, 0.29) is 5.75 Å². The Morgan fingerprint density at radius 2 is 1.88 bits per heavy atom. The van der Waals surface area contributed by atoms with E-state index in [9.17, 15) is 5.11 Å². The van der Waals surface area contributed by atoms with Gasteiger partial charge in [0.2, 0.25) is 0 Å². The lowest BCUT2D eigenvalue weighted by molar-refractivity contribution is 0.471. The van der Waals surface area contributed by atoms with Crippen molar-refractivity contribution in [2.24, 2.45) is 0 Å². The van der Waals surface area contributed by atoms with Gasteiger partial charge >= 0.3 is 0 Å². The van der Waals surface area contributed by atoms with Crippen molar-refractivity contribution in [1.82, 2.24) is 4.98 Å². The summed E-state index contributed by atoms with van der Waals surface area (Å²) in [5.74, 6) is 0.0766. The van der Waals surface area contributed by atoms with Gasteiger partial charge in [0.1, 0.15) is 11.4 Å². The van der Waals surface area contributed by atoms with E-state index in [4.69, 9.17) is 34.8 Å². The Kier molecular flexibility index (Phi) is 3.48. The van der Waals surface area contributed by atoms with Crippen molar-refractivity contribution < 1.29 is 5.11 Å². The molecule has 0 saturated carbocycles. The molecule has 0 unspecified atom stereocenters. The fraction of sp³-hybridized carbons (Fsp3) is 0.0833. The topological polar surface area (TPSA) is 33.1 Å². The van der Waals surface area contributed by atoms with Crippen LogP contribution in [0.3, 0.4) is 0 Å². The third kappa shape index (κ3) is 2.34. The number of aromatic nitrogens is 1. The molecule has 0 aliphatic carbocycles. The second-order valence-electron chi connectivity index (χ2n) is 3.57. The van der Waals surface area contributed by atoms with Crippen LogP contribution in [0.4, 0.5) is 0 Å². The first-order valence-corrected chi connectivity index (χ1v) is 5.93. The molecule has 0 aliphatic rings. The van der Waals surface area contributed by atoms with E-state index >= 15 is 0 Å². The number of halogens is 3. The van der Waals surface area contributed by atoms with Gasteiger partial charge in [-0.05, 0) is 30.7 Å². The predicted octanol–water partition coefficient (Wildman–Crippen LogP) is 4.72. The lowest BCUT2D eigenvalue weighted by atomic mass is 10.1. The first-order chi connectivity index (χ1) is 8.00. The van der Waals surface area contributed by atoms with Crippen LogP contribution < -0.4 is 0 Å². The monoisotopic (exact) mass is 287 g/mol. The zero-order valence-corrected chi connectivity index (χ0v) is 11.1. The molecule has 0 bridgehead atoms. The van der Waals surface area contributed by atoms with E-state index in [0.717, 1.165) is 0 Å². The normalized spacial score (nSPS) is 10.6. The van der Waals surface area contributed by atoms with Gasteiger partial charge in [0.25, 0.3) is 0 Å². The fourth-order valence-corrected chi connectivity index (χ4v) is 2.17. The van der Waals surface area contributed by atoms with Gasteiger partial charge in [0.05, 0.1) is 10.0 Å². The number of benzene rings is 1. The highest BCUT2D eigenvalue weighted by Gasteiger charge is 2.14. The highest BCUT2D eigenvalue weighted by Crippen LogP contribution is 2.39. The molecule has 0 amide bonds. The van der Waals surface area contributed by atoms with E-state index in [1.165, 1.54) is 0 Å². The van der Waals surface area contributed by atoms with Crippen molar-refractivity contribution in [3.63, 3.8) is 0 Å². The Bertz CT molecular complexity index is 584. The Morgan fingerprint density at radius 1 is 1.18 bits per heavy atom. The smallest absolute Gasteiger partial charge is 0.144 e. The molecule has 0 saturated heterocycles. The molecular weight excluding hydrogens is 280 g/mol. The number of hydrogen-bond donors (Lipinski definition) is 1. The molecule has 2 aromatic rings. The van der Waals surface area contributed by atoms with Crippen molar-refractivity contribution in [3.05, 3.63) is 45.0 Å². The lowest BCUT2D eigenvalue weighted by Gasteiger charge is -2.09. The van der Waals surface area contributed by atoms with Gasteiger partial charge in [-0.3, -0.25) is 4.98 Å². The van der Waals surface area contributed by atoms with Gasteiger partial charge in [-0.1, -0.05) is 34.8 Å². The molecular formula is C12H8Cl3NO. The summed E-state index contributed by atoms with van der Waals surface area (Å²) in [6.45, 7) is 1.78. The summed E-state index contributed by atoms with van der Waals surface area (Å²) in [4.78, 5) is 4.10. The van der Waals surface area contributed by atoms with Crippen LogP contribution in [0.5, 0.6) is 5.75 Å². The van der Waals surface area contributed by atoms with E-state index in [1.54, 1.807) is 31.3 Å². The van der Waals surface area contributed by atoms with Crippen LogP contribution in [0, 0.1) is 6.92 Å². The molecule has 1 aromatic carbocycles. The molecule has 1 N–H and O–H groups in total. The van der Waals surface area contributed by atoms with E-state index in [1.807, 2.05) is 0 Å².